The quantitative estimate of drug-likeness (QED) is 0.496. The number of halogens is 1. The Morgan fingerprint density at radius 3 is 2.47 bits per heavy atom. The number of nitrogens with zero attached hydrogens (tertiary/aromatic N) is 2. The van der Waals surface area contributed by atoms with Crippen LogP contribution in [0.5, 0.6) is 0 Å². The van der Waals surface area contributed by atoms with Gasteiger partial charge in [-0.05, 0) is 73.8 Å². The third-order valence-corrected chi connectivity index (χ3v) is 8.18. The van der Waals surface area contributed by atoms with E-state index in [4.69, 9.17) is 12.2 Å². The van der Waals surface area contributed by atoms with Crippen molar-refractivity contribution in [1.82, 2.24) is 14.5 Å². The van der Waals surface area contributed by atoms with Crippen LogP contribution in [0.2, 0.25) is 0 Å². The summed E-state index contributed by atoms with van der Waals surface area (Å²) in [5.74, 6) is 0.0965. The van der Waals surface area contributed by atoms with E-state index >= 15 is 0 Å². The predicted octanol–water partition coefficient (Wildman–Crippen LogP) is 3.54. The summed E-state index contributed by atoms with van der Waals surface area (Å²) < 4.78 is 2.80. The lowest BCUT2D eigenvalue weighted by molar-refractivity contribution is -0.930. The number of benzene rings is 2. The van der Waals surface area contributed by atoms with Crippen molar-refractivity contribution in [2.75, 3.05) is 26.2 Å². The zero-order valence-electron chi connectivity index (χ0n) is 19.2. The van der Waals surface area contributed by atoms with Gasteiger partial charge in [0, 0.05) is 10.0 Å². The lowest BCUT2D eigenvalue weighted by Crippen LogP contribution is -3.18. The zero-order chi connectivity index (χ0) is 23.7. The highest BCUT2D eigenvalue weighted by Crippen LogP contribution is 2.17. The van der Waals surface area contributed by atoms with Gasteiger partial charge in [-0.3, -0.25) is 14.2 Å². The van der Waals surface area contributed by atoms with Crippen LogP contribution in [-0.2, 0) is 6.54 Å². The fourth-order valence-corrected chi connectivity index (χ4v) is 6.02. The van der Waals surface area contributed by atoms with Crippen LogP contribution in [0.25, 0.3) is 10.9 Å². The van der Waals surface area contributed by atoms with E-state index in [9.17, 15) is 9.59 Å². The minimum absolute atomic E-state index is 0.0965. The lowest BCUT2D eigenvalue weighted by Gasteiger charge is -2.38. The van der Waals surface area contributed by atoms with Gasteiger partial charge in [0.1, 0.15) is 0 Å². The Balaban J connectivity index is 1.26. The molecule has 0 radical (unpaired) electrons. The zero-order valence-corrected chi connectivity index (χ0v) is 21.6. The number of aromatic amines is 1. The second kappa shape index (κ2) is 10.1. The molecule has 178 valence electrons. The Hall–Kier alpha value is -2.29. The summed E-state index contributed by atoms with van der Waals surface area (Å²) in [7, 11) is 0. The van der Waals surface area contributed by atoms with Crippen LogP contribution in [0.15, 0.2) is 51.7 Å². The van der Waals surface area contributed by atoms with Crippen LogP contribution < -0.4 is 10.5 Å². The van der Waals surface area contributed by atoms with Crippen molar-refractivity contribution in [3.05, 3.63) is 73.2 Å². The molecule has 1 saturated carbocycles. The van der Waals surface area contributed by atoms with Gasteiger partial charge in [0.05, 0.1) is 49.7 Å². The van der Waals surface area contributed by atoms with Gasteiger partial charge in [0.15, 0.2) is 4.77 Å². The molecule has 6 nitrogen and oxygen atoms in total. The third-order valence-electron chi connectivity index (χ3n) is 7.36. The van der Waals surface area contributed by atoms with Crippen molar-refractivity contribution in [3.63, 3.8) is 0 Å². The predicted molar refractivity (Wildman–Crippen MR) is 140 cm³/mol. The van der Waals surface area contributed by atoms with Crippen molar-refractivity contribution >= 4 is 45.0 Å². The Kier molecular flexibility index (Phi) is 6.99. The standard InChI is InChI=1S/C26H29BrN4O2S/c27-20-10-11-23-22(16-20)25(33)31(26(34)28-23)17-18-6-8-19(9-7-18)24(32)30-14-12-29(13-15-30)21-4-2-1-3-5-21/h6-11,16,21H,1-5,12-15,17H2,(H,28,34)/p+1. The van der Waals surface area contributed by atoms with Gasteiger partial charge in [0.25, 0.3) is 11.5 Å². The number of carbonyl (C=O) groups excluding carboxylic acids is 1. The first-order valence-electron chi connectivity index (χ1n) is 12.1. The molecule has 8 heteroatoms. The SMILES string of the molecule is O=C(c1ccc(Cn2c(=S)[nH]c3ccc(Br)cc3c2=O)cc1)N1CC[NH+](C2CCCCC2)CC1. The molecule has 0 unspecified atom stereocenters. The van der Waals surface area contributed by atoms with Crippen LogP contribution in [0.1, 0.15) is 48.0 Å². The Bertz CT molecular complexity index is 1300. The number of nitrogens with one attached hydrogen (secondary N) is 2. The molecule has 1 saturated heterocycles. The Morgan fingerprint density at radius 2 is 1.76 bits per heavy atom. The third kappa shape index (κ3) is 4.90. The second-order valence-corrected chi connectivity index (χ2v) is 10.8. The summed E-state index contributed by atoms with van der Waals surface area (Å²) in [5, 5.41) is 0.587. The molecule has 1 amide bonds. The number of quaternary nitrogens is 1. The van der Waals surface area contributed by atoms with Crippen molar-refractivity contribution in [2.45, 2.75) is 44.7 Å². The number of rotatable bonds is 4. The van der Waals surface area contributed by atoms with E-state index in [0.717, 1.165) is 47.8 Å². The van der Waals surface area contributed by atoms with Crippen molar-refractivity contribution in [2.24, 2.45) is 0 Å². The molecule has 0 spiro atoms. The molecule has 3 aromatic rings. The van der Waals surface area contributed by atoms with E-state index in [2.05, 4.69) is 20.9 Å². The van der Waals surface area contributed by atoms with Gasteiger partial charge in [-0.2, -0.15) is 0 Å². The Morgan fingerprint density at radius 1 is 1.06 bits per heavy atom. The first kappa shape index (κ1) is 23.5. The van der Waals surface area contributed by atoms with E-state index in [1.165, 1.54) is 32.1 Å². The first-order valence-corrected chi connectivity index (χ1v) is 13.3. The van der Waals surface area contributed by atoms with Crippen LogP contribution in [-0.4, -0.2) is 52.6 Å². The van der Waals surface area contributed by atoms with E-state index < -0.39 is 0 Å². The average Bonchev–Trinajstić information content (AvgIpc) is 2.88. The molecular formula is C26H30BrN4O2S+. The van der Waals surface area contributed by atoms with Crippen LogP contribution in [0.3, 0.4) is 0 Å². The number of hydrogen-bond acceptors (Lipinski definition) is 3. The second-order valence-electron chi connectivity index (χ2n) is 9.49. The van der Waals surface area contributed by atoms with Gasteiger partial charge in [0.2, 0.25) is 0 Å². The molecule has 1 aliphatic carbocycles. The summed E-state index contributed by atoms with van der Waals surface area (Å²) in [6.45, 7) is 4.10. The molecule has 2 aliphatic rings. The Labute approximate surface area is 212 Å². The fraction of sp³-hybridized carbons (Fsp3) is 0.423. The van der Waals surface area contributed by atoms with E-state index in [1.807, 2.05) is 41.3 Å². The molecule has 5 rings (SSSR count). The molecule has 0 atom stereocenters. The minimum atomic E-state index is -0.126. The summed E-state index contributed by atoms with van der Waals surface area (Å²) in [6.07, 6.45) is 6.77. The van der Waals surface area contributed by atoms with E-state index in [-0.39, 0.29) is 11.5 Å². The maximum Gasteiger partial charge on any atom is 0.262 e. The smallest absolute Gasteiger partial charge is 0.262 e. The summed E-state index contributed by atoms with van der Waals surface area (Å²) >= 11 is 8.87. The number of amides is 1. The highest BCUT2D eigenvalue weighted by molar-refractivity contribution is 9.10. The van der Waals surface area contributed by atoms with Gasteiger partial charge in [-0.25, -0.2) is 0 Å². The molecule has 34 heavy (non-hydrogen) atoms. The lowest BCUT2D eigenvalue weighted by atomic mass is 9.94. The highest BCUT2D eigenvalue weighted by Gasteiger charge is 2.30. The largest absolute Gasteiger partial charge is 0.332 e. The number of piperazine rings is 1. The topological polar surface area (TPSA) is 62.5 Å². The number of H-pyrrole nitrogens is 1. The van der Waals surface area contributed by atoms with Gasteiger partial charge < -0.3 is 14.8 Å². The molecule has 2 fully saturated rings. The molecule has 2 aromatic carbocycles. The minimum Gasteiger partial charge on any atom is -0.332 e. The van der Waals surface area contributed by atoms with Crippen molar-refractivity contribution in [1.29, 1.82) is 0 Å². The fourth-order valence-electron chi connectivity index (χ4n) is 5.40. The molecule has 1 aromatic heterocycles. The molecule has 0 bridgehead atoms. The first-order chi connectivity index (χ1) is 16.5. The van der Waals surface area contributed by atoms with E-state index in [0.29, 0.717) is 22.3 Å². The average molecular weight is 543 g/mol. The maximum atomic E-state index is 13.1. The normalized spacial score (nSPS) is 17.9. The molecule has 2 heterocycles. The van der Waals surface area contributed by atoms with Gasteiger partial charge in [-0.15, -0.1) is 0 Å². The van der Waals surface area contributed by atoms with Gasteiger partial charge >= 0.3 is 0 Å². The van der Waals surface area contributed by atoms with Crippen LogP contribution in [0, 0.1) is 4.77 Å². The molecule has 2 N–H and O–H groups in total. The van der Waals surface area contributed by atoms with Crippen molar-refractivity contribution < 1.29 is 9.69 Å². The summed E-state index contributed by atoms with van der Waals surface area (Å²) in [6, 6.07) is 13.9. The van der Waals surface area contributed by atoms with Gasteiger partial charge in [-0.1, -0.05) is 34.5 Å². The van der Waals surface area contributed by atoms with Crippen LogP contribution >= 0.6 is 28.1 Å². The summed E-state index contributed by atoms with van der Waals surface area (Å²) in [4.78, 5) is 32.9. The molecular weight excluding hydrogens is 512 g/mol. The summed E-state index contributed by atoms with van der Waals surface area (Å²) in [5.41, 5.74) is 2.23. The van der Waals surface area contributed by atoms with Crippen molar-refractivity contribution in [3.8, 4) is 0 Å². The number of fused-ring (bicyclic) bond motifs is 1. The number of aromatic nitrogens is 2. The number of carbonyl (C=O) groups is 1. The molecule has 1 aliphatic heterocycles. The van der Waals surface area contributed by atoms with Crippen LogP contribution in [0.4, 0.5) is 0 Å². The highest BCUT2D eigenvalue weighted by atomic mass is 79.9. The number of hydrogen-bond donors (Lipinski definition) is 2. The van der Waals surface area contributed by atoms with E-state index in [1.54, 1.807) is 15.5 Å². The monoisotopic (exact) mass is 541 g/mol. The maximum absolute atomic E-state index is 13.1.